The van der Waals surface area contributed by atoms with Crippen LogP contribution in [0.1, 0.15) is 12.8 Å². The molecule has 10 heteroatoms. The van der Waals surface area contributed by atoms with Gasteiger partial charge in [0.25, 0.3) is 0 Å². The van der Waals surface area contributed by atoms with Crippen molar-refractivity contribution in [2.75, 3.05) is 25.1 Å². The molecule has 0 saturated carbocycles. The molecule has 1 saturated heterocycles. The maximum absolute atomic E-state index is 12.1. The van der Waals surface area contributed by atoms with Crippen LogP contribution < -0.4 is 15.4 Å². The number of likely N-dealkylation sites (tertiary alicyclic amines) is 1. The zero-order chi connectivity index (χ0) is 19.6. The first-order valence-corrected chi connectivity index (χ1v) is 9.94. The molecular weight excluding hydrogens is 436 g/mol. The molecule has 0 radical (unpaired) electrons. The average Bonchev–Trinajstić information content (AvgIpc) is 3.11. The van der Waals surface area contributed by atoms with Gasteiger partial charge in [0.05, 0.1) is 17.6 Å². The summed E-state index contributed by atoms with van der Waals surface area (Å²) in [6, 6.07) is 4.65. The second kappa shape index (κ2) is 8.13. The molecule has 0 aliphatic carbocycles. The zero-order valence-electron chi connectivity index (χ0n) is 14.6. The number of methoxy groups -OCH3 is 1. The molecule has 3 amide bonds. The minimum Gasteiger partial charge on any atom is -0.496 e. The van der Waals surface area contributed by atoms with Gasteiger partial charge in [0.1, 0.15) is 16.6 Å². The van der Waals surface area contributed by atoms with Crippen LogP contribution in [0.3, 0.4) is 0 Å². The Kier molecular flexibility index (Phi) is 5.85. The molecule has 1 aliphatic heterocycles. The molecule has 1 aromatic heterocycles. The highest BCUT2D eigenvalue weighted by molar-refractivity contribution is 9.10. The number of amides is 3. The van der Waals surface area contributed by atoms with Crippen molar-refractivity contribution in [2.45, 2.75) is 18.9 Å². The molecule has 3 N–H and O–H groups in total. The Morgan fingerprint density at radius 1 is 1.48 bits per heavy atom. The molecular formula is C17H19BrN4O4S. The summed E-state index contributed by atoms with van der Waals surface area (Å²) in [5, 5.41) is 11.7. The number of carboxylic acid groups (broad SMARTS) is 1. The summed E-state index contributed by atoms with van der Waals surface area (Å²) >= 11 is 4.80. The second-order valence-electron chi connectivity index (χ2n) is 6.09. The smallest absolute Gasteiger partial charge is 0.407 e. The number of nitrogens with zero attached hydrogens (tertiary/aromatic N) is 3. The number of rotatable bonds is 4. The van der Waals surface area contributed by atoms with Crippen molar-refractivity contribution >= 4 is 45.2 Å². The third kappa shape index (κ3) is 4.16. The van der Waals surface area contributed by atoms with Crippen molar-refractivity contribution in [3.8, 4) is 16.3 Å². The van der Waals surface area contributed by atoms with E-state index in [2.05, 4.69) is 20.9 Å². The number of ether oxygens (including phenoxy) is 1. The van der Waals surface area contributed by atoms with Crippen molar-refractivity contribution in [1.29, 1.82) is 0 Å². The van der Waals surface area contributed by atoms with Crippen LogP contribution in [-0.4, -0.2) is 53.4 Å². The lowest BCUT2D eigenvalue weighted by molar-refractivity contribution is 0.130. The van der Waals surface area contributed by atoms with Crippen molar-refractivity contribution in [1.82, 2.24) is 9.88 Å². The Hall–Kier alpha value is -2.33. The van der Waals surface area contributed by atoms with Crippen LogP contribution >= 0.6 is 27.3 Å². The van der Waals surface area contributed by atoms with E-state index in [1.54, 1.807) is 12.5 Å². The fraction of sp³-hybridized carbons (Fsp3) is 0.353. The van der Waals surface area contributed by atoms with E-state index >= 15 is 0 Å². The molecule has 1 atom stereocenters. The van der Waals surface area contributed by atoms with E-state index in [0.29, 0.717) is 36.0 Å². The summed E-state index contributed by atoms with van der Waals surface area (Å²) < 4.78 is 6.15. The van der Waals surface area contributed by atoms with E-state index in [1.807, 2.05) is 18.2 Å². The van der Waals surface area contributed by atoms with Crippen molar-refractivity contribution in [3.05, 3.63) is 28.1 Å². The Morgan fingerprint density at radius 3 is 2.93 bits per heavy atom. The molecule has 0 bridgehead atoms. The first-order chi connectivity index (χ1) is 12.9. The van der Waals surface area contributed by atoms with Gasteiger partial charge >= 0.3 is 12.1 Å². The topological polar surface area (TPSA) is 109 Å². The Balaban J connectivity index is 1.88. The highest BCUT2D eigenvalue weighted by atomic mass is 79.9. The summed E-state index contributed by atoms with van der Waals surface area (Å²) in [7, 11) is 1.59. The maximum Gasteiger partial charge on any atom is 0.407 e. The summed E-state index contributed by atoms with van der Waals surface area (Å²) in [5.74, 6) is 1.11. The number of urea groups is 1. The molecule has 144 valence electrons. The van der Waals surface area contributed by atoms with Crippen LogP contribution in [0.25, 0.3) is 10.6 Å². The van der Waals surface area contributed by atoms with Gasteiger partial charge in [-0.25, -0.2) is 14.6 Å². The van der Waals surface area contributed by atoms with Crippen LogP contribution in [0.4, 0.5) is 15.4 Å². The van der Waals surface area contributed by atoms with E-state index in [4.69, 9.17) is 10.5 Å². The fourth-order valence-electron chi connectivity index (χ4n) is 3.12. The minimum absolute atomic E-state index is 0.219. The van der Waals surface area contributed by atoms with Gasteiger partial charge in [-0.3, -0.25) is 4.90 Å². The van der Waals surface area contributed by atoms with E-state index < -0.39 is 12.1 Å². The molecule has 0 unspecified atom stereocenters. The lowest BCUT2D eigenvalue weighted by atomic mass is 10.0. The number of nitrogens with two attached hydrogens (primary N) is 1. The van der Waals surface area contributed by atoms with E-state index in [0.717, 1.165) is 10.0 Å². The van der Waals surface area contributed by atoms with Crippen molar-refractivity contribution in [2.24, 2.45) is 5.73 Å². The molecule has 3 rings (SSSR count). The first-order valence-electron chi connectivity index (χ1n) is 8.26. The summed E-state index contributed by atoms with van der Waals surface area (Å²) in [5.41, 5.74) is 6.45. The summed E-state index contributed by atoms with van der Waals surface area (Å²) in [4.78, 5) is 30.6. The van der Waals surface area contributed by atoms with Crippen molar-refractivity contribution < 1.29 is 19.4 Å². The molecule has 27 heavy (non-hydrogen) atoms. The second-order valence-corrected chi connectivity index (χ2v) is 7.81. The van der Waals surface area contributed by atoms with E-state index in [-0.39, 0.29) is 12.6 Å². The Bertz CT molecular complexity index is 859. The number of primary amides is 1. The fourth-order valence-corrected chi connectivity index (χ4v) is 4.32. The number of carbonyl (C=O) groups is 2. The third-order valence-electron chi connectivity index (χ3n) is 4.41. The van der Waals surface area contributed by atoms with Crippen LogP contribution in [-0.2, 0) is 0 Å². The zero-order valence-corrected chi connectivity index (χ0v) is 17.0. The number of benzene rings is 1. The number of halogens is 1. The van der Waals surface area contributed by atoms with Gasteiger partial charge in [0.15, 0.2) is 0 Å². The average molecular weight is 455 g/mol. The predicted molar refractivity (Wildman–Crippen MR) is 106 cm³/mol. The lowest BCUT2D eigenvalue weighted by Gasteiger charge is -2.36. The molecule has 1 aliphatic rings. The van der Waals surface area contributed by atoms with Crippen LogP contribution in [0.2, 0.25) is 0 Å². The normalized spacial score (nSPS) is 16.8. The van der Waals surface area contributed by atoms with Gasteiger partial charge in [-0.05, 0) is 40.9 Å². The van der Waals surface area contributed by atoms with Gasteiger partial charge in [0, 0.05) is 24.0 Å². The van der Waals surface area contributed by atoms with Gasteiger partial charge in [-0.15, -0.1) is 11.3 Å². The first kappa shape index (κ1) is 19.4. The van der Waals surface area contributed by atoms with Crippen molar-refractivity contribution in [3.63, 3.8) is 0 Å². The molecule has 2 aromatic rings. The molecule has 0 spiro atoms. The SMILES string of the molecule is COc1cc(-c2nc(N(C(N)=O)[C@H]3CCCN(C(=O)O)C3)cs2)ccc1Br. The third-order valence-corrected chi connectivity index (χ3v) is 5.94. The molecule has 1 aromatic carbocycles. The number of thiazole rings is 1. The van der Waals surface area contributed by atoms with E-state index in [1.165, 1.54) is 21.1 Å². The Labute approximate surface area is 168 Å². The van der Waals surface area contributed by atoms with E-state index in [9.17, 15) is 14.7 Å². The van der Waals surface area contributed by atoms with Crippen LogP contribution in [0.5, 0.6) is 5.75 Å². The van der Waals surface area contributed by atoms with Gasteiger partial charge in [0.2, 0.25) is 0 Å². The number of carbonyl (C=O) groups excluding carboxylic acids is 1. The summed E-state index contributed by atoms with van der Waals surface area (Å²) in [6.07, 6.45) is 0.345. The number of piperidine rings is 1. The lowest BCUT2D eigenvalue weighted by Crippen LogP contribution is -2.53. The minimum atomic E-state index is -0.995. The Morgan fingerprint density at radius 2 is 2.26 bits per heavy atom. The highest BCUT2D eigenvalue weighted by Crippen LogP contribution is 2.34. The number of hydrogen-bond acceptors (Lipinski definition) is 5. The van der Waals surface area contributed by atoms with Gasteiger partial charge in [-0.1, -0.05) is 6.07 Å². The van der Waals surface area contributed by atoms with Crippen LogP contribution in [0.15, 0.2) is 28.1 Å². The standard InChI is InChI=1S/C17H19BrN4O4S/c1-26-13-7-10(4-5-12(13)18)15-20-14(9-27-15)22(16(19)23)11-3-2-6-21(8-11)17(24)25/h4-5,7,9,11H,2-3,6,8H2,1H3,(H2,19,23)(H,24,25)/t11-/m0/s1. The number of aromatic nitrogens is 1. The number of hydrogen-bond donors (Lipinski definition) is 2. The largest absolute Gasteiger partial charge is 0.496 e. The highest BCUT2D eigenvalue weighted by Gasteiger charge is 2.32. The number of anilines is 1. The maximum atomic E-state index is 12.1. The summed E-state index contributed by atoms with van der Waals surface area (Å²) in [6.45, 7) is 0.677. The quantitative estimate of drug-likeness (QED) is 0.732. The molecule has 1 fully saturated rings. The monoisotopic (exact) mass is 454 g/mol. The molecule has 2 heterocycles. The van der Waals surface area contributed by atoms with Gasteiger partial charge < -0.3 is 20.5 Å². The van der Waals surface area contributed by atoms with Gasteiger partial charge in [-0.2, -0.15) is 0 Å². The predicted octanol–water partition coefficient (Wildman–Crippen LogP) is 3.61. The molecule has 8 nitrogen and oxygen atoms in total. The van der Waals surface area contributed by atoms with Crippen LogP contribution in [0, 0.1) is 0 Å².